The van der Waals surface area contributed by atoms with Crippen molar-refractivity contribution in [2.45, 2.75) is 13.8 Å². The summed E-state index contributed by atoms with van der Waals surface area (Å²) >= 11 is 1.43. The number of nitrogens with one attached hydrogen (secondary N) is 2. The molecule has 2 aromatic rings. The molecule has 2 heterocycles. The number of hydrogen-bond acceptors (Lipinski definition) is 4. The highest BCUT2D eigenvalue weighted by atomic mass is 32.1. The molecule has 0 saturated heterocycles. The third-order valence-corrected chi connectivity index (χ3v) is 4.06. The van der Waals surface area contributed by atoms with Crippen molar-refractivity contribution in [2.75, 3.05) is 12.4 Å². The Balaban J connectivity index is 2.26. The number of amides is 2. The van der Waals surface area contributed by atoms with Gasteiger partial charge >= 0.3 is 0 Å². The second kappa shape index (κ2) is 5.46. The van der Waals surface area contributed by atoms with Gasteiger partial charge in [-0.05, 0) is 25.5 Å². The summed E-state index contributed by atoms with van der Waals surface area (Å²) in [4.78, 5) is 25.6. The predicted octanol–water partition coefficient (Wildman–Crippen LogP) is 1.71. The lowest BCUT2D eigenvalue weighted by Gasteiger charge is -2.02. The highest BCUT2D eigenvalue weighted by Gasteiger charge is 2.18. The summed E-state index contributed by atoms with van der Waals surface area (Å²) < 4.78 is 1.49. The zero-order valence-corrected chi connectivity index (χ0v) is 12.6. The summed E-state index contributed by atoms with van der Waals surface area (Å²) in [5.41, 5.74) is 1.69. The van der Waals surface area contributed by atoms with Crippen molar-refractivity contribution in [3.8, 4) is 0 Å². The fourth-order valence-electron chi connectivity index (χ4n) is 1.74. The van der Waals surface area contributed by atoms with Gasteiger partial charge in [-0.1, -0.05) is 0 Å². The molecule has 2 amide bonds. The number of thiophene rings is 1. The topological polar surface area (TPSA) is 76.0 Å². The van der Waals surface area contributed by atoms with Crippen molar-refractivity contribution in [3.63, 3.8) is 0 Å². The Kier molecular flexibility index (Phi) is 3.89. The first-order chi connectivity index (χ1) is 9.42. The van der Waals surface area contributed by atoms with Crippen molar-refractivity contribution in [3.05, 3.63) is 33.3 Å². The van der Waals surface area contributed by atoms with Crippen molar-refractivity contribution < 1.29 is 9.59 Å². The van der Waals surface area contributed by atoms with Gasteiger partial charge in [0.1, 0.15) is 0 Å². The van der Waals surface area contributed by atoms with Crippen LogP contribution in [0.3, 0.4) is 0 Å². The van der Waals surface area contributed by atoms with Gasteiger partial charge < -0.3 is 10.6 Å². The van der Waals surface area contributed by atoms with Crippen molar-refractivity contribution >= 4 is 28.8 Å². The first-order valence-corrected chi connectivity index (χ1v) is 6.88. The van der Waals surface area contributed by atoms with Crippen molar-refractivity contribution in [2.24, 2.45) is 7.05 Å². The summed E-state index contributed by atoms with van der Waals surface area (Å²) in [6, 6.07) is 1.84. The molecular formula is C13H16N4O2S. The van der Waals surface area contributed by atoms with Crippen LogP contribution in [0.4, 0.5) is 5.69 Å². The minimum atomic E-state index is -0.334. The Bertz CT molecular complexity index is 652. The number of carbonyl (C=O) groups is 2. The van der Waals surface area contributed by atoms with Gasteiger partial charge in [0.15, 0.2) is 5.69 Å². The molecule has 0 spiro atoms. The van der Waals surface area contributed by atoms with E-state index in [4.69, 9.17) is 0 Å². The maximum atomic E-state index is 12.2. The Morgan fingerprint density at radius 2 is 2.00 bits per heavy atom. The van der Waals surface area contributed by atoms with Crippen LogP contribution in [0.2, 0.25) is 0 Å². The number of nitrogens with zero attached hydrogens (tertiary/aromatic N) is 2. The van der Waals surface area contributed by atoms with E-state index in [1.165, 1.54) is 23.1 Å². The first kappa shape index (κ1) is 14.3. The van der Waals surface area contributed by atoms with E-state index in [0.29, 0.717) is 10.6 Å². The van der Waals surface area contributed by atoms with Crippen LogP contribution < -0.4 is 10.6 Å². The van der Waals surface area contributed by atoms with Gasteiger partial charge in [0.05, 0.1) is 10.6 Å². The fourth-order valence-corrected chi connectivity index (χ4v) is 2.66. The molecule has 2 rings (SSSR count). The zero-order chi connectivity index (χ0) is 14.9. The van der Waals surface area contributed by atoms with E-state index < -0.39 is 0 Å². The third kappa shape index (κ3) is 2.72. The summed E-state index contributed by atoms with van der Waals surface area (Å²) in [5.74, 6) is -0.566. The summed E-state index contributed by atoms with van der Waals surface area (Å²) in [5, 5.41) is 9.27. The number of hydrogen-bond donors (Lipinski definition) is 2. The second-order valence-corrected chi connectivity index (χ2v) is 5.70. The molecule has 2 aromatic heterocycles. The molecule has 0 atom stereocenters. The molecule has 0 bridgehead atoms. The summed E-state index contributed by atoms with van der Waals surface area (Å²) in [6.45, 7) is 3.93. The number of rotatable bonds is 3. The van der Waals surface area contributed by atoms with Crippen LogP contribution in [-0.2, 0) is 7.05 Å². The van der Waals surface area contributed by atoms with Crippen molar-refractivity contribution in [1.82, 2.24) is 15.1 Å². The molecule has 7 heteroatoms. The maximum Gasteiger partial charge on any atom is 0.273 e. The van der Waals surface area contributed by atoms with Crippen LogP contribution in [0.1, 0.15) is 30.6 Å². The van der Waals surface area contributed by atoms with Gasteiger partial charge in [0, 0.05) is 25.2 Å². The molecule has 6 nitrogen and oxygen atoms in total. The largest absolute Gasteiger partial charge is 0.354 e. The highest BCUT2D eigenvalue weighted by Crippen LogP contribution is 2.22. The molecule has 0 radical (unpaired) electrons. The monoisotopic (exact) mass is 292 g/mol. The number of anilines is 1. The normalized spacial score (nSPS) is 10.4. The second-order valence-electron chi connectivity index (χ2n) is 4.45. The van der Waals surface area contributed by atoms with Crippen LogP contribution >= 0.6 is 11.3 Å². The van der Waals surface area contributed by atoms with Crippen LogP contribution in [0.15, 0.2) is 12.3 Å². The Morgan fingerprint density at radius 3 is 2.55 bits per heavy atom. The molecule has 0 aliphatic rings. The molecule has 0 fully saturated rings. The lowest BCUT2D eigenvalue weighted by atomic mass is 10.2. The van der Waals surface area contributed by atoms with E-state index in [2.05, 4.69) is 15.7 Å². The van der Waals surface area contributed by atoms with Crippen LogP contribution in [0, 0.1) is 13.8 Å². The first-order valence-electron chi connectivity index (χ1n) is 6.06. The molecule has 0 unspecified atom stereocenters. The number of carbonyl (C=O) groups excluding carboxylic acids is 2. The van der Waals surface area contributed by atoms with Gasteiger partial charge in [0.2, 0.25) is 0 Å². The minimum absolute atomic E-state index is 0.202. The number of aryl methyl sites for hydroxylation is 3. The Labute approximate surface area is 120 Å². The standard InChI is InChI=1S/C13H16N4O2S/c1-7-5-10(20-8(7)2)12(18)15-9-6-17(4)16-11(9)13(19)14-3/h5-6H,1-4H3,(H,14,19)(H,15,18). The SMILES string of the molecule is CNC(=O)c1nn(C)cc1NC(=O)c1cc(C)c(C)s1. The molecule has 20 heavy (non-hydrogen) atoms. The van der Waals surface area contributed by atoms with E-state index in [1.54, 1.807) is 13.2 Å². The predicted molar refractivity (Wildman–Crippen MR) is 78.3 cm³/mol. The van der Waals surface area contributed by atoms with E-state index in [-0.39, 0.29) is 17.5 Å². The van der Waals surface area contributed by atoms with Crippen LogP contribution in [0.25, 0.3) is 0 Å². The van der Waals surface area contributed by atoms with Gasteiger partial charge in [-0.15, -0.1) is 11.3 Å². The molecule has 106 valence electrons. The molecular weight excluding hydrogens is 276 g/mol. The highest BCUT2D eigenvalue weighted by molar-refractivity contribution is 7.14. The van der Waals surface area contributed by atoms with Crippen molar-refractivity contribution in [1.29, 1.82) is 0 Å². The van der Waals surface area contributed by atoms with Crippen LogP contribution in [-0.4, -0.2) is 28.6 Å². The van der Waals surface area contributed by atoms with E-state index in [9.17, 15) is 9.59 Å². The lowest BCUT2D eigenvalue weighted by Crippen LogP contribution is -2.21. The average Bonchev–Trinajstić information content (AvgIpc) is 2.92. The average molecular weight is 292 g/mol. The Hall–Kier alpha value is -2.15. The smallest absolute Gasteiger partial charge is 0.273 e. The summed E-state index contributed by atoms with van der Waals surface area (Å²) in [7, 11) is 3.22. The molecule has 0 saturated carbocycles. The molecule has 2 N–H and O–H groups in total. The maximum absolute atomic E-state index is 12.2. The van der Waals surface area contributed by atoms with E-state index in [0.717, 1.165) is 10.4 Å². The molecule has 0 aromatic carbocycles. The van der Waals surface area contributed by atoms with Gasteiger partial charge in [-0.25, -0.2) is 0 Å². The van der Waals surface area contributed by atoms with Gasteiger partial charge in [-0.2, -0.15) is 5.10 Å². The zero-order valence-electron chi connectivity index (χ0n) is 11.8. The third-order valence-electron chi connectivity index (χ3n) is 2.91. The van der Waals surface area contributed by atoms with E-state index >= 15 is 0 Å². The quantitative estimate of drug-likeness (QED) is 0.904. The van der Waals surface area contributed by atoms with Crippen LogP contribution in [0.5, 0.6) is 0 Å². The van der Waals surface area contributed by atoms with Gasteiger partial charge in [0.25, 0.3) is 11.8 Å². The molecule has 0 aliphatic heterocycles. The summed E-state index contributed by atoms with van der Waals surface area (Å²) in [6.07, 6.45) is 1.61. The Morgan fingerprint density at radius 1 is 1.30 bits per heavy atom. The van der Waals surface area contributed by atoms with Gasteiger partial charge in [-0.3, -0.25) is 14.3 Å². The fraction of sp³-hybridized carbons (Fsp3) is 0.308. The molecule has 0 aliphatic carbocycles. The minimum Gasteiger partial charge on any atom is -0.354 e. The lowest BCUT2D eigenvalue weighted by molar-refractivity contribution is 0.0958. The van der Waals surface area contributed by atoms with E-state index in [1.807, 2.05) is 19.9 Å². The number of aromatic nitrogens is 2.